The van der Waals surface area contributed by atoms with Crippen molar-refractivity contribution in [3.63, 3.8) is 0 Å². The third-order valence-corrected chi connectivity index (χ3v) is 4.84. The number of amides is 1. The zero-order valence-electron chi connectivity index (χ0n) is 14.9. The number of likely N-dealkylation sites (tertiary alicyclic amines) is 1. The molecule has 0 radical (unpaired) electrons. The lowest BCUT2D eigenvalue weighted by atomic mass is 9.89. The molecule has 0 spiro atoms. The predicted octanol–water partition coefficient (Wildman–Crippen LogP) is 2.96. The molecule has 5 nitrogen and oxygen atoms in total. The van der Waals surface area contributed by atoms with Gasteiger partial charge in [0.25, 0.3) is 5.91 Å². The first-order chi connectivity index (χ1) is 13.0. The van der Waals surface area contributed by atoms with Crippen LogP contribution in [0.2, 0.25) is 0 Å². The van der Waals surface area contributed by atoms with Crippen molar-refractivity contribution in [2.75, 3.05) is 19.7 Å². The highest BCUT2D eigenvalue weighted by Gasteiger charge is 2.27. The third-order valence-electron chi connectivity index (χ3n) is 4.84. The fourth-order valence-corrected chi connectivity index (χ4v) is 3.21. The Morgan fingerprint density at radius 1 is 1.07 bits per heavy atom. The molecule has 1 saturated heterocycles. The van der Waals surface area contributed by atoms with Gasteiger partial charge in [0, 0.05) is 31.0 Å². The van der Waals surface area contributed by atoms with Crippen LogP contribution in [0.1, 0.15) is 18.4 Å². The Kier molecular flexibility index (Phi) is 6.06. The van der Waals surface area contributed by atoms with Crippen LogP contribution >= 0.6 is 0 Å². The minimum absolute atomic E-state index is 0.0890. The van der Waals surface area contributed by atoms with Crippen LogP contribution in [0.3, 0.4) is 0 Å². The van der Waals surface area contributed by atoms with Crippen molar-refractivity contribution >= 4 is 11.7 Å². The number of phenols is 1. The van der Waals surface area contributed by atoms with E-state index in [9.17, 15) is 19.1 Å². The highest BCUT2D eigenvalue weighted by atomic mass is 19.1. The van der Waals surface area contributed by atoms with Gasteiger partial charge in [0.15, 0.2) is 6.61 Å². The van der Waals surface area contributed by atoms with Crippen LogP contribution in [0.4, 0.5) is 4.39 Å². The first-order valence-electron chi connectivity index (χ1n) is 8.98. The van der Waals surface area contributed by atoms with Crippen molar-refractivity contribution in [1.82, 2.24) is 4.90 Å². The molecule has 1 N–H and O–H groups in total. The molecule has 1 heterocycles. The summed E-state index contributed by atoms with van der Waals surface area (Å²) in [6, 6.07) is 12.4. The second kappa shape index (κ2) is 8.66. The van der Waals surface area contributed by atoms with E-state index >= 15 is 0 Å². The molecule has 27 heavy (non-hydrogen) atoms. The zero-order valence-corrected chi connectivity index (χ0v) is 14.9. The highest BCUT2D eigenvalue weighted by molar-refractivity contribution is 5.84. The summed E-state index contributed by atoms with van der Waals surface area (Å²) in [5.41, 5.74) is 0.633. The lowest BCUT2D eigenvalue weighted by Gasteiger charge is -2.31. The first-order valence-corrected chi connectivity index (χ1v) is 8.98. The van der Waals surface area contributed by atoms with E-state index in [0.29, 0.717) is 37.2 Å². The fourth-order valence-electron chi connectivity index (χ4n) is 3.21. The highest BCUT2D eigenvalue weighted by Crippen LogP contribution is 2.23. The van der Waals surface area contributed by atoms with E-state index in [0.717, 1.165) is 0 Å². The Balaban J connectivity index is 1.45. The van der Waals surface area contributed by atoms with Crippen molar-refractivity contribution in [1.29, 1.82) is 0 Å². The molecular formula is C21H22FNO4. The van der Waals surface area contributed by atoms with E-state index < -0.39 is 0 Å². The van der Waals surface area contributed by atoms with Gasteiger partial charge in [-0.2, -0.15) is 0 Å². The van der Waals surface area contributed by atoms with Crippen molar-refractivity contribution in [3.8, 4) is 11.5 Å². The maximum absolute atomic E-state index is 12.9. The van der Waals surface area contributed by atoms with Crippen LogP contribution in [0.15, 0.2) is 48.5 Å². The molecule has 0 aromatic heterocycles. The Labute approximate surface area is 157 Å². The van der Waals surface area contributed by atoms with E-state index in [1.807, 2.05) is 0 Å². The molecule has 0 aliphatic carbocycles. The number of ketones is 1. The van der Waals surface area contributed by atoms with Gasteiger partial charge in [0.05, 0.1) is 0 Å². The van der Waals surface area contributed by atoms with E-state index in [1.54, 1.807) is 29.2 Å². The topological polar surface area (TPSA) is 66.8 Å². The van der Waals surface area contributed by atoms with Gasteiger partial charge in [-0.25, -0.2) is 4.39 Å². The number of Topliss-reactive ketones (excluding diaryl/α,β-unsaturated/α-hetero) is 1. The number of hydrogen-bond acceptors (Lipinski definition) is 4. The largest absolute Gasteiger partial charge is 0.508 e. The van der Waals surface area contributed by atoms with Crippen LogP contribution in [-0.2, 0) is 16.0 Å². The summed E-state index contributed by atoms with van der Waals surface area (Å²) in [5.74, 6) is 0.0573. The summed E-state index contributed by atoms with van der Waals surface area (Å²) in [5, 5.41) is 9.80. The number of halogens is 1. The fraction of sp³-hybridized carbons (Fsp3) is 0.333. The molecule has 2 aromatic carbocycles. The summed E-state index contributed by atoms with van der Waals surface area (Å²) in [7, 11) is 0. The van der Waals surface area contributed by atoms with Crippen LogP contribution < -0.4 is 4.74 Å². The van der Waals surface area contributed by atoms with Gasteiger partial charge in [-0.05, 0) is 43.2 Å². The minimum atomic E-state index is -0.357. The van der Waals surface area contributed by atoms with Gasteiger partial charge >= 0.3 is 0 Å². The summed E-state index contributed by atoms with van der Waals surface area (Å²) in [6.07, 6.45) is 1.42. The Morgan fingerprint density at radius 3 is 2.41 bits per heavy atom. The van der Waals surface area contributed by atoms with E-state index in [2.05, 4.69) is 0 Å². The number of phenolic OH excluding ortho intramolecular Hbond substituents is 1. The second-order valence-electron chi connectivity index (χ2n) is 6.67. The summed E-state index contributed by atoms with van der Waals surface area (Å²) in [6.45, 7) is 0.897. The minimum Gasteiger partial charge on any atom is -0.508 e. The van der Waals surface area contributed by atoms with Gasteiger partial charge < -0.3 is 14.7 Å². The molecule has 142 valence electrons. The number of ether oxygens (including phenoxy) is 1. The maximum atomic E-state index is 12.9. The van der Waals surface area contributed by atoms with Gasteiger partial charge in [-0.15, -0.1) is 0 Å². The van der Waals surface area contributed by atoms with Crippen molar-refractivity contribution in [3.05, 3.63) is 59.9 Å². The van der Waals surface area contributed by atoms with Gasteiger partial charge in [0.2, 0.25) is 0 Å². The lowest BCUT2D eigenvalue weighted by Crippen LogP contribution is -2.42. The Bertz CT molecular complexity index is 798. The summed E-state index contributed by atoms with van der Waals surface area (Å²) in [4.78, 5) is 26.4. The smallest absolute Gasteiger partial charge is 0.260 e. The van der Waals surface area contributed by atoms with E-state index in [4.69, 9.17) is 4.74 Å². The van der Waals surface area contributed by atoms with E-state index in [1.165, 1.54) is 24.3 Å². The van der Waals surface area contributed by atoms with Crippen LogP contribution in [-0.4, -0.2) is 41.4 Å². The second-order valence-corrected chi connectivity index (χ2v) is 6.67. The maximum Gasteiger partial charge on any atom is 0.260 e. The average molecular weight is 371 g/mol. The number of aromatic hydroxyl groups is 1. The molecule has 1 aliphatic rings. The molecule has 0 atom stereocenters. The van der Waals surface area contributed by atoms with Crippen molar-refractivity contribution in [2.24, 2.45) is 5.92 Å². The molecule has 1 amide bonds. The molecule has 0 unspecified atom stereocenters. The number of carbonyl (C=O) groups is 2. The van der Waals surface area contributed by atoms with Gasteiger partial charge in [-0.3, -0.25) is 9.59 Å². The summed E-state index contributed by atoms with van der Waals surface area (Å²) >= 11 is 0. The van der Waals surface area contributed by atoms with Crippen molar-refractivity contribution < 1.29 is 23.8 Å². The number of benzene rings is 2. The Morgan fingerprint density at radius 2 is 1.74 bits per heavy atom. The number of carbonyl (C=O) groups excluding carboxylic acids is 2. The van der Waals surface area contributed by atoms with Crippen LogP contribution in [0.5, 0.6) is 11.5 Å². The average Bonchev–Trinajstić information content (AvgIpc) is 2.69. The van der Waals surface area contributed by atoms with E-state index in [-0.39, 0.29) is 42.2 Å². The molecule has 6 heteroatoms. The Hall–Kier alpha value is -2.89. The number of nitrogens with zero attached hydrogens (tertiary/aromatic N) is 1. The normalized spacial score (nSPS) is 14.8. The van der Waals surface area contributed by atoms with Crippen molar-refractivity contribution in [2.45, 2.75) is 19.3 Å². The molecule has 1 fully saturated rings. The third kappa shape index (κ3) is 5.06. The van der Waals surface area contributed by atoms with Gasteiger partial charge in [0.1, 0.15) is 23.1 Å². The SMILES string of the molecule is O=C(Cc1ccccc1O)C1CCN(C(=O)COc2ccc(F)cc2)CC1. The standard InChI is InChI=1S/C21H22FNO4/c22-17-5-7-18(8-6-17)27-14-21(26)23-11-9-15(10-12-23)20(25)13-16-3-1-2-4-19(16)24/h1-8,15,24H,9-14H2. The lowest BCUT2D eigenvalue weighted by molar-refractivity contribution is -0.136. The molecular weight excluding hydrogens is 349 g/mol. The summed E-state index contributed by atoms with van der Waals surface area (Å²) < 4.78 is 18.3. The van der Waals surface area contributed by atoms with Gasteiger partial charge in [-0.1, -0.05) is 18.2 Å². The molecule has 0 bridgehead atoms. The predicted molar refractivity (Wildman–Crippen MR) is 98.0 cm³/mol. The monoisotopic (exact) mass is 371 g/mol. The first kappa shape index (κ1) is 18.9. The number of hydrogen-bond donors (Lipinski definition) is 1. The quantitative estimate of drug-likeness (QED) is 0.848. The molecule has 3 rings (SSSR count). The van der Waals surface area contributed by atoms with Crippen LogP contribution in [0, 0.1) is 11.7 Å². The van der Waals surface area contributed by atoms with Crippen LogP contribution in [0.25, 0.3) is 0 Å². The zero-order chi connectivity index (χ0) is 19.2. The molecule has 1 aliphatic heterocycles. The number of rotatable bonds is 6. The number of para-hydroxylation sites is 1. The number of piperidine rings is 1. The molecule has 0 saturated carbocycles. The molecule has 2 aromatic rings.